The van der Waals surface area contributed by atoms with Gasteiger partial charge in [-0.05, 0) is 5.56 Å². The molecule has 16 heavy (non-hydrogen) atoms. The van der Waals surface area contributed by atoms with E-state index in [9.17, 15) is 15.0 Å². The minimum Gasteiger partial charge on any atom is -0.548 e. The average Bonchev–Trinajstić information content (AvgIpc) is 2.29. The Morgan fingerprint density at radius 2 is 2.06 bits per heavy atom. The number of aliphatic hydroxyl groups excluding tert-OH is 1. The lowest BCUT2D eigenvalue weighted by Gasteiger charge is -2.19. The molecule has 0 bridgehead atoms. The maximum atomic E-state index is 10.3. The van der Waals surface area contributed by atoms with Gasteiger partial charge in [-0.2, -0.15) is 0 Å². The van der Waals surface area contributed by atoms with Crippen molar-refractivity contribution < 1.29 is 19.7 Å². The fourth-order valence-corrected chi connectivity index (χ4v) is 1.13. The van der Waals surface area contributed by atoms with E-state index in [0.717, 1.165) is 5.56 Å². The van der Waals surface area contributed by atoms with Crippen LogP contribution in [0.15, 0.2) is 30.3 Å². The molecule has 0 amide bonds. The van der Waals surface area contributed by atoms with Gasteiger partial charge in [-0.3, -0.25) is 0 Å². The van der Waals surface area contributed by atoms with Gasteiger partial charge in [0.2, 0.25) is 0 Å². The Labute approximate surface area is 93.5 Å². The van der Waals surface area contributed by atoms with Crippen LogP contribution in [0.3, 0.4) is 0 Å². The first-order valence-corrected chi connectivity index (χ1v) is 4.87. The Hall–Kier alpha value is -1.43. The summed E-state index contributed by atoms with van der Waals surface area (Å²) in [6.07, 6.45) is -1.26. The van der Waals surface area contributed by atoms with Crippen LogP contribution in [-0.2, 0) is 16.1 Å². The smallest absolute Gasteiger partial charge is 0.0977 e. The predicted octanol–water partition coefficient (Wildman–Crippen LogP) is -1.36. The Morgan fingerprint density at radius 3 is 2.62 bits per heavy atom. The van der Waals surface area contributed by atoms with E-state index >= 15 is 0 Å². The number of carboxylic acid groups (broad SMARTS) is 1. The Kier molecular flexibility index (Phi) is 4.91. The molecule has 0 saturated heterocycles. The number of nitrogens with two attached hydrogens (primary N) is 1. The van der Waals surface area contributed by atoms with Gasteiger partial charge in [-0.15, -0.1) is 0 Å². The number of hydrogen-bond acceptors (Lipinski definition) is 5. The third-order valence-electron chi connectivity index (χ3n) is 2.09. The van der Waals surface area contributed by atoms with Crippen LogP contribution < -0.4 is 10.8 Å². The highest BCUT2D eigenvalue weighted by Gasteiger charge is 2.15. The first-order valence-electron chi connectivity index (χ1n) is 4.87. The van der Waals surface area contributed by atoms with Gasteiger partial charge in [0.25, 0.3) is 0 Å². The molecule has 2 atom stereocenters. The Morgan fingerprint density at radius 1 is 1.44 bits per heavy atom. The van der Waals surface area contributed by atoms with Crippen molar-refractivity contribution in [3.05, 3.63) is 35.9 Å². The second-order valence-electron chi connectivity index (χ2n) is 3.41. The molecule has 0 unspecified atom stereocenters. The molecule has 1 aromatic carbocycles. The van der Waals surface area contributed by atoms with Gasteiger partial charge in [0.15, 0.2) is 0 Å². The van der Waals surface area contributed by atoms with Gasteiger partial charge in [0.05, 0.1) is 31.3 Å². The topological polar surface area (TPSA) is 95.6 Å². The molecular weight excluding hydrogens is 210 g/mol. The minimum atomic E-state index is -1.49. The molecule has 0 spiro atoms. The lowest BCUT2D eigenvalue weighted by molar-refractivity contribution is -0.309. The molecule has 5 heteroatoms. The summed E-state index contributed by atoms with van der Waals surface area (Å²) < 4.78 is 5.13. The first kappa shape index (κ1) is 12.6. The van der Waals surface area contributed by atoms with E-state index in [1.54, 1.807) is 0 Å². The molecule has 0 saturated carbocycles. The van der Waals surface area contributed by atoms with Gasteiger partial charge in [0, 0.05) is 0 Å². The largest absolute Gasteiger partial charge is 0.548 e. The second-order valence-corrected chi connectivity index (χ2v) is 3.41. The number of hydrogen-bond donors (Lipinski definition) is 2. The number of carboxylic acids is 1. The summed E-state index contributed by atoms with van der Waals surface area (Å²) in [6, 6.07) is 7.92. The number of aliphatic carboxylic acids is 1. The van der Waals surface area contributed by atoms with Crippen LogP contribution in [-0.4, -0.2) is 29.8 Å². The molecule has 0 aliphatic rings. The molecule has 0 aliphatic carbocycles. The lowest BCUT2D eigenvalue weighted by atomic mass is 10.2. The zero-order valence-electron chi connectivity index (χ0n) is 8.70. The molecule has 1 aromatic rings. The van der Waals surface area contributed by atoms with Crippen molar-refractivity contribution in [3.8, 4) is 0 Å². The van der Waals surface area contributed by atoms with Crippen LogP contribution >= 0.6 is 0 Å². The summed E-state index contributed by atoms with van der Waals surface area (Å²) in [6.45, 7) is 0.168. The number of ether oxygens (including phenoxy) is 1. The van der Waals surface area contributed by atoms with Gasteiger partial charge in [0.1, 0.15) is 0 Å². The minimum absolute atomic E-state index is 0.135. The SMILES string of the molecule is N[C@@H](C(=O)[O-])[C@H](O)COCc1ccccc1. The maximum absolute atomic E-state index is 10.3. The third kappa shape index (κ3) is 3.98. The highest BCUT2D eigenvalue weighted by Crippen LogP contribution is 2.01. The number of rotatable bonds is 6. The molecule has 88 valence electrons. The first-order chi connectivity index (χ1) is 7.61. The molecule has 0 fully saturated rings. The lowest BCUT2D eigenvalue weighted by Crippen LogP contribution is -2.51. The fourth-order valence-electron chi connectivity index (χ4n) is 1.13. The predicted molar refractivity (Wildman–Crippen MR) is 55.1 cm³/mol. The number of benzene rings is 1. The van der Waals surface area contributed by atoms with Crippen LogP contribution in [0.25, 0.3) is 0 Å². The normalized spacial score (nSPS) is 14.4. The molecule has 0 heterocycles. The molecule has 0 aliphatic heterocycles. The van der Waals surface area contributed by atoms with Crippen molar-refractivity contribution in [2.75, 3.05) is 6.61 Å². The van der Waals surface area contributed by atoms with Crippen molar-refractivity contribution in [2.45, 2.75) is 18.8 Å². The van der Waals surface area contributed by atoms with E-state index in [1.807, 2.05) is 30.3 Å². The molecular formula is C11H14NO4-. The van der Waals surface area contributed by atoms with Crippen LogP contribution in [0.2, 0.25) is 0 Å². The van der Waals surface area contributed by atoms with Crippen molar-refractivity contribution in [3.63, 3.8) is 0 Å². The van der Waals surface area contributed by atoms with E-state index in [-0.39, 0.29) is 6.61 Å². The Balaban J connectivity index is 2.28. The highest BCUT2D eigenvalue weighted by molar-refractivity contribution is 5.71. The van der Waals surface area contributed by atoms with Crippen LogP contribution in [0, 0.1) is 0 Å². The van der Waals surface area contributed by atoms with Crippen LogP contribution in [0.5, 0.6) is 0 Å². The maximum Gasteiger partial charge on any atom is 0.0977 e. The summed E-state index contributed by atoms with van der Waals surface area (Å²) in [7, 11) is 0. The van der Waals surface area contributed by atoms with Crippen molar-refractivity contribution in [1.82, 2.24) is 0 Å². The average molecular weight is 224 g/mol. The standard InChI is InChI=1S/C11H15NO4/c12-10(11(14)15)9(13)7-16-6-8-4-2-1-3-5-8/h1-5,9-10,13H,6-7,12H2,(H,14,15)/p-1/t9-,10-/m1/s1. The zero-order valence-corrected chi connectivity index (χ0v) is 8.70. The van der Waals surface area contributed by atoms with Gasteiger partial charge in [-0.25, -0.2) is 0 Å². The quantitative estimate of drug-likeness (QED) is 0.622. The van der Waals surface area contributed by atoms with E-state index in [4.69, 9.17) is 10.5 Å². The molecule has 0 aromatic heterocycles. The van der Waals surface area contributed by atoms with E-state index in [0.29, 0.717) is 6.61 Å². The second kappa shape index (κ2) is 6.22. The number of carbonyl (C=O) groups excluding carboxylic acids is 1. The van der Waals surface area contributed by atoms with Gasteiger partial charge >= 0.3 is 0 Å². The van der Waals surface area contributed by atoms with Crippen molar-refractivity contribution in [1.29, 1.82) is 0 Å². The summed E-state index contributed by atoms with van der Waals surface area (Å²) in [5.74, 6) is -1.49. The van der Waals surface area contributed by atoms with Crippen molar-refractivity contribution >= 4 is 5.97 Å². The Bertz CT molecular complexity index is 328. The molecule has 1 rings (SSSR count). The zero-order chi connectivity index (χ0) is 12.0. The van der Waals surface area contributed by atoms with Gasteiger partial charge < -0.3 is 25.5 Å². The number of carbonyl (C=O) groups is 1. The summed E-state index contributed by atoms with van der Waals surface area (Å²) in [5, 5.41) is 19.6. The summed E-state index contributed by atoms with van der Waals surface area (Å²) in [5.41, 5.74) is 6.09. The highest BCUT2D eigenvalue weighted by atomic mass is 16.5. The van der Waals surface area contributed by atoms with E-state index in [2.05, 4.69) is 0 Å². The van der Waals surface area contributed by atoms with E-state index in [1.165, 1.54) is 0 Å². The van der Waals surface area contributed by atoms with Crippen LogP contribution in [0.1, 0.15) is 5.56 Å². The van der Waals surface area contributed by atoms with Crippen LogP contribution in [0.4, 0.5) is 0 Å². The summed E-state index contributed by atoms with van der Waals surface area (Å²) in [4.78, 5) is 10.3. The fraction of sp³-hybridized carbons (Fsp3) is 0.364. The number of aliphatic hydroxyl groups is 1. The van der Waals surface area contributed by atoms with E-state index < -0.39 is 18.1 Å². The van der Waals surface area contributed by atoms with Crippen molar-refractivity contribution in [2.24, 2.45) is 5.73 Å². The van der Waals surface area contributed by atoms with Gasteiger partial charge in [-0.1, -0.05) is 30.3 Å². The summed E-state index contributed by atoms with van der Waals surface area (Å²) >= 11 is 0. The molecule has 0 radical (unpaired) electrons. The third-order valence-corrected chi connectivity index (χ3v) is 2.09. The molecule has 5 nitrogen and oxygen atoms in total. The monoisotopic (exact) mass is 224 g/mol. The molecule has 3 N–H and O–H groups in total.